The van der Waals surface area contributed by atoms with Gasteiger partial charge in [-0.25, -0.2) is 0 Å². The predicted octanol–water partition coefficient (Wildman–Crippen LogP) is 0.781. The van der Waals surface area contributed by atoms with Crippen LogP contribution >= 0.6 is 0 Å². The highest BCUT2D eigenvalue weighted by atomic mass is 19.4. The number of hydrogen-bond donors (Lipinski definition) is 3. The average molecular weight is 318 g/mol. The smallest absolute Gasteiger partial charge is 0.416 e. The lowest BCUT2D eigenvalue weighted by Gasteiger charge is -2.14. The highest BCUT2D eigenvalue weighted by Crippen LogP contribution is 2.31. The Labute approximate surface area is 125 Å². The molecule has 1 aliphatic heterocycles. The van der Waals surface area contributed by atoms with Crippen molar-refractivity contribution in [2.45, 2.75) is 12.3 Å². The third kappa shape index (κ3) is 4.60. The molecule has 0 aliphatic carbocycles. The summed E-state index contributed by atoms with van der Waals surface area (Å²) < 4.78 is 42.7. The normalized spacial score (nSPS) is 21.6. The highest BCUT2D eigenvalue weighted by molar-refractivity contribution is 5.77. The van der Waals surface area contributed by atoms with Crippen molar-refractivity contribution in [1.29, 1.82) is 0 Å². The minimum absolute atomic E-state index is 0.0208. The molecule has 2 atom stereocenters. The summed E-state index contributed by atoms with van der Waals surface area (Å²) in [5, 5.41) is 15.1. The lowest BCUT2D eigenvalue weighted by Crippen LogP contribution is -2.36. The number of alkyl halides is 3. The average Bonchev–Trinajstić information content (AvgIpc) is 2.88. The van der Waals surface area contributed by atoms with Crippen molar-refractivity contribution in [2.75, 3.05) is 26.2 Å². The van der Waals surface area contributed by atoms with E-state index >= 15 is 0 Å². The monoisotopic (exact) mass is 318 g/mol. The standard InChI is InChI=1S/C14H17F3N2O3/c15-14(16,17)10-2-1-3-11(4-10)22-8-13(21)19-6-9-5-18-7-12(9)20/h1-4,9,12,18,20H,5-8H2,(H,19,21). The number of nitrogens with one attached hydrogen (secondary N) is 2. The number of carbonyl (C=O) groups is 1. The van der Waals surface area contributed by atoms with Crippen LogP contribution in [0.1, 0.15) is 5.56 Å². The van der Waals surface area contributed by atoms with E-state index in [2.05, 4.69) is 10.6 Å². The van der Waals surface area contributed by atoms with E-state index < -0.39 is 23.8 Å². The van der Waals surface area contributed by atoms with Crippen LogP contribution in [0.5, 0.6) is 5.75 Å². The molecule has 122 valence electrons. The fraction of sp³-hybridized carbons (Fsp3) is 0.500. The molecule has 1 heterocycles. The highest BCUT2D eigenvalue weighted by Gasteiger charge is 2.30. The first-order valence-electron chi connectivity index (χ1n) is 6.82. The van der Waals surface area contributed by atoms with Gasteiger partial charge in [0.2, 0.25) is 0 Å². The number of aliphatic hydroxyl groups excluding tert-OH is 1. The van der Waals surface area contributed by atoms with Crippen molar-refractivity contribution in [3.63, 3.8) is 0 Å². The van der Waals surface area contributed by atoms with E-state index in [0.29, 0.717) is 19.6 Å². The number of β-amino-alcohol motifs (C(OH)–C–C–N with tert-alkyl or cyclic N) is 1. The first-order valence-corrected chi connectivity index (χ1v) is 6.82. The van der Waals surface area contributed by atoms with Crippen molar-refractivity contribution in [3.8, 4) is 5.75 Å². The molecule has 2 rings (SSSR count). The van der Waals surface area contributed by atoms with Crippen LogP contribution < -0.4 is 15.4 Å². The van der Waals surface area contributed by atoms with Gasteiger partial charge in [-0.1, -0.05) is 6.07 Å². The van der Waals surface area contributed by atoms with Crippen LogP contribution in [-0.2, 0) is 11.0 Å². The van der Waals surface area contributed by atoms with E-state index in [4.69, 9.17) is 4.74 Å². The molecule has 8 heteroatoms. The van der Waals surface area contributed by atoms with Crippen molar-refractivity contribution < 1.29 is 27.8 Å². The summed E-state index contributed by atoms with van der Waals surface area (Å²) >= 11 is 0. The molecule has 5 nitrogen and oxygen atoms in total. The number of halogens is 3. The number of hydrogen-bond acceptors (Lipinski definition) is 4. The number of benzene rings is 1. The van der Waals surface area contributed by atoms with Gasteiger partial charge in [0.1, 0.15) is 5.75 Å². The molecule has 0 saturated carbocycles. The molecule has 1 fully saturated rings. The number of ether oxygens (including phenoxy) is 1. The quantitative estimate of drug-likeness (QED) is 0.750. The Kier molecular flexibility index (Phi) is 5.25. The fourth-order valence-electron chi connectivity index (χ4n) is 2.13. The molecule has 1 amide bonds. The molecule has 0 radical (unpaired) electrons. The van der Waals surface area contributed by atoms with Crippen molar-refractivity contribution in [2.24, 2.45) is 5.92 Å². The van der Waals surface area contributed by atoms with E-state index in [-0.39, 0.29) is 18.3 Å². The molecule has 22 heavy (non-hydrogen) atoms. The Bertz CT molecular complexity index is 522. The van der Waals surface area contributed by atoms with E-state index in [1.54, 1.807) is 0 Å². The third-order valence-electron chi connectivity index (χ3n) is 3.40. The minimum Gasteiger partial charge on any atom is -0.484 e. The van der Waals surface area contributed by atoms with Crippen LogP contribution in [0.15, 0.2) is 24.3 Å². The van der Waals surface area contributed by atoms with Crippen LogP contribution in [0.2, 0.25) is 0 Å². The molecule has 0 aromatic heterocycles. The molecule has 1 aromatic rings. The maximum Gasteiger partial charge on any atom is 0.416 e. The van der Waals surface area contributed by atoms with Gasteiger partial charge in [-0.05, 0) is 18.2 Å². The second-order valence-corrected chi connectivity index (χ2v) is 5.10. The largest absolute Gasteiger partial charge is 0.484 e. The number of carbonyl (C=O) groups excluding carboxylic acids is 1. The first-order chi connectivity index (χ1) is 10.4. The maximum absolute atomic E-state index is 12.5. The zero-order chi connectivity index (χ0) is 16.2. The zero-order valence-electron chi connectivity index (χ0n) is 11.7. The number of aliphatic hydroxyl groups is 1. The van der Waals surface area contributed by atoms with E-state index in [1.165, 1.54) is 12.1 Å². The Morgan fingerprint density at radius 2 is 2.18 bits per heavy atom. The summed E-state index contributed by atoms with van der Waals surface area (Å²) in [4.78, 5) is 11.6. The summed E-state index contributed by atoms with van der Waals surface area (Å²) in [7, 11) is 0. The van der Waals surface area contributed by atoms with Crippen LogP contribution in [-0.4, -0.2) is 43.4 Å². The second-order valence-electron chi connectivity index (χ2n) is 5.10. The summed E-state index contributed by atoms with van der Waals surface area (Å²) in [6.45, 7) is 1.01. The lowest BCUT2D eigenvalue weighted by molar-refractivity contribution is -0.137. The van der Waals surface area contributed by atoms with Gasteiger partial charge in [0.15, 0.2) is 6.61 Å². The molecule has 3 N–H and O–H groups in total. The number of rotatable bonds is 5. The van der Waals surface area contributed by atoms with E-state index in [0.717, 1.165) is 12.1 Å². The summed E-state index contributed by atoms with van der Waals surface area (Å²) in [5.41, 5.74) is -0.828. The van der Waals surface area contributed by atoms with Crippen molar-refractivity contribution in [3.05, 3.63) is 29.8 Å². The van der Waals surface area contributed by atoms with Gasteiger partial charge in [0.05, 0.1) is 11.7 Å². The van der Waals surface area contributed by atoms with Crippen molar-refractivity contribution >= 4 is 5.91 Å². The van der Waals surface area contributed by atoms with Crippen LogP contribution in [0.4, 0.5) is 13.2 Å². The zero-order valence-corrected chi connectivity index (χ0v) is 11.7. The van der Waals surface area contributed by atoms with Gasteiger partial charge in [-0.2, -0.15) is 13.2 Å². The maximum atomic E-state index is 12.5. The van der Waals surface area contributed by atoms with Crippen LogP contribution in [0.25, 0.3) is 0 Å². The van der Waals surface area contributed by atoms with Crippen LogP contribution in [0.3, 0.4) is 0 Å². The third-order valence-corrected chi connectivity index (χ3v) is 3.40. The summed E-state index contributed by atoms with van der Waals surface area (Å²) in [5.74, 6) is -0.540. The van der Waals surface area contributed by atoms with Gasteiger partial charge < -0.3 is 20.5 Å². The van der Waals surface area contributed by atoms with Gasteiger partial charge in [0, 0.05) is 25.6 Å². The molecule has 1 aliphatic rings. The van der Waals surface area contributed by atoms with Gasteiger partial charge >= 0.3 is 6.18 Å². The predicted molar refractivity (Wildman–Crippen MR) is 72.3 cm³/mol. The fourth-order valence-corrected chi connectivity index (χ4v) is 2.13. The van der Waals surface area contributed by atoms with Crippen molar-refractivity contribution in [1.82, 2.24) is 10.6 Å². The van der Waals surface area contributed by atoms with Gasteiger partial charge in [-0.3, -0.25) is 4.79 Å². The van der Waals surface area contributed by atoms with Gasteiger partial charge in [-0.15, -0.1) is 0 Å². The Balaban J connectivity index is 1.79. The van der Waals surface area contributed by atoms with E-state index in [1.807, 2.05) is 0 Å². The summed E-state index contributed by atoms with van der Waals surface area (Å²) in [6, 6.07) is 4.35. The Morgan fingerprint density at radius 1 is 1.41 bits per heavy atom. The summed E-state index contributed by atoms with van der Waals surface area (Å²) in [6.07, 6.45) is -4.96. The molecule has 0 bridgehead atoms. The first kappa shape index (κ1) is 16.6. The second kappa shape index (κ2) is 6.97. The SMILES string of the molecule is O=C(COc1cccc(C(F)(F)F)c1)NCC1CNCC1O. The molecular weight excluding hydrogens is 301 g/mol. The molecule has 1 aromatic carbocycles. The lowest BCUT2D eigenvalue weighted by atomic mass is 10.1. The Hall–Kier alpha value is -1.80. The van der Waals surface area contributed by atoms with E-state index in [9.17, 15) is 23.1 Å². The van der Waals surface area contributed by atoms with Gasteiger partial charge in [0.25, 0.3) is 5.91 Å². The molecule has 0 spiro atoms. The number of amides is 1. The molecular formula is C14H17F3N2O3. The molecule has 1 saturated heterocycles. The Morgan fingerprint density at radius 3 is 2.82 bits per heavy atom. The minimum atomic E-state index is -4.45. The topological polar surface area (TPSA) is 70.6 Å². The molecule has 2 unspecified atom stereocenters. The van der Waals surface area contributed by atoms with Crippen LogP contribution in [0, 0.1) is 5.92 Å².